The first-order valence-corrected chi connectivity index (χ1v) is 6.22. The van der Waals surface area contributed by atoms with Crippen LogP contribution in [0.4, 0.5) is 0 Å². The highest BCUT2D eigenvalue weighted by atomic mass is 16.2. The number of hydrogen-bond acceptors (Lipinski definition) is 3. The predicted molar refractivity (Wildman–Crippen MR) is 66.3 cm³/mol. The minimum atomic E-state index is -0.432. The topological polar surface area (TPSA) is 84.2 Å². The number of nitrogens with one attached hydrogen (secondary N) is 2. The molecule has 0 aromatic rings. The van der Waals surface area contributed by atoms with Gasteiger partial charge in [-0.15, -0.1) is 0 Å². The minimum absolute atomic E-state index is 0.00514. The molecular weight excluding hydrogens is 218 g/mol. The van der Waals surface area contributed by atoms with E-state index in [0.717, 1.165) is 12.8 Å². The molecule has 1 saturated carbocycles. The van der Waals surface area contributed by atoms with Gasteiger partial charge in [-0.05, 0) is 26.7 Å². The van der Waals surface area contributed by atoms with Crippen LogP contribution in [0, 0.1) is 0 Å². The van der Waals surface area contributed by atoms with Crippen molar-refractivity contribution >= 4 is 11.8 Å². The highest BCUT2D eigenvalue weighted by Crippen LogP contribution is 2.17. The number of rotatable bonds is 6. The number of amides is 2. The van der Waals surface area contributed by atoms with E-state index in [1.807, 2.05) is 13.8 Å². The van der Waals surface area contributed by atoms with Crippen molar-refractivity contribution in [3.8, 4) is 0 Å². The fourth-order valence-electron chi connectivity index (χ4n) is 2.17. The van der Waals surface area contributed by atoms with Gasteiger partial charge in [-0.25, -0.2) is 0 Å². The summed E-state index contributed by atoms with van der Waals surface area (Å²) < 4.78 is 0. The molecule has 98 valence electrons. The van der Waals surface area contributed by atoms with Gasteiger partial charge < -0.3 is 16.4 Å². The summed E-state index contributed by atoms with van der Waals surface area (Å²) in [6.45, 7) is 3.96. The molecule has 0 heterocycles. The largest absolute Gasteiger partial charge is 0.370 e. The molecule has 0 aromatic carbocycles. The lowest BCUT2D eigenvalue weighted by molar-refractivity contribution is -0.122. The third-order valence-corrected chi connectivity index (χ3v) is 3.06. The van der Waals surface area contributed by atoms with Crippen molar-refractivity contribution < 1.29 is 9.59 Å². The molecule has 0 aromatic heterocycles. The number of carbonyl (C=O) groups excluding carboxylic acids is 2. The molecule has 17 heavy (non-hydrogen) atoms. The Balaban J connectivity index is 2.24. The monoisotopic (exact) mass is 241 g/mol. The average Bonchev–Trinajstić information content (AvgIpc) is 2.65. The Morgan fingerprint density at radius 2 is 1.88 bits per heavy atom. The average molecular weight is 241 g/mol. The summed E-state index contributed by atoms with van der Waals surface area (Å²) in [5.74, 6) is -0.367. The summed E-state index contributed by atoms with van der Waals surface area (Å²) in [7, 11) is 0. The van der Waals surface area contributed by atoms with Crippen molar-refractivity contribution in [2.45, 2.75) is 57.5 Å². The zero-order valence-corrected chi connectivity index (χ0v) is 10.7. The van der Waals surface area contributed by atoms with E-state index >= 15 is 0 Å². The molecule has 0 aliphatic heterocycles. The summed E-state index contributed by atoms with van der Waals surface area (Å²) in [5.41, 5.74) is 4.71. The Morgan fingerprint density at radius 1 is 1.29 bits per heavy atom. The number of nitrogens with two attached hydrogens (primary N) is 1. The first-order valence-electron chi connectivity index (χ1n) is 6.22. The zero-order valence-electron chi connectivity index (χ0n) is 10.7. The minimum Gasteiger partial charge on any atom is -0.370 e. The molecule has 0 unspecified atom stereocenters. The summed E-state index contributed by atoms with van der Waals surface area (Å²) in [6, 6.07) is 0.337. The van der Waals surface area contributed by atoms with Gasteiger partial charge in [0, 0.05) is 18.0 Å². The van der Waals surface area contributed by atoms with Crippen LogP contribution in [0.15, 0.2) is 0 Å². The Labute approximate surface area is 103 Å². The molecule has 5 heteroatoms. The van der Waals surface area contributed by atoms with Crippen molar-refractivity contribution in [1.82, 2.24) is 10.6 Å². The van der Waals surface area contributed by atoms with Crippen molar-refractivity contribution in [3.05, 3.63) is 0 Å². The van der Waals surface area contributed by atoms with Gasteiger partial charge in [0.15, 0.2) is 0 Å². The smallest absolute Gasteiger partial charge is 0.234 e. The highest BCUT2D eigenvalue weighted by Gasteiger charge is 2.22. The van der Waals surface area contributed by atoms with Gasteiger partial charge in [0.2, 0.25) is 11.8 Å². The van der Waals surface area contributed by atoms with Crippen LogP contribution in [0.25, 0.3) is 0 Å². The molecule has 1 rings (SSSR count). The standard InChI is InChI=1S/C12H23N3O2/c1-12(2,7-10(13)16)14-8-11(17)15-9-5-3-4-6-9/h9,14H,3-8H2,1-2H3,(H2,13,16)(H,15,17). The predicted octanol–water partition coefficient (Wildman–Crippen LogP) is 0.289. The maximum atomic E-state index is 11.6. The van der Waals surface area contributed by atoms with E-state index in [1.54, 1.807) is 0 Å². The van der Waals surface area contributed by atoms with Gasteiger partial charge in [-0.1, -0.05) is 12.8 Å². The second-order valence-corrected chi connectivity index (χ2v) is 5.43. The Bertz CT molecular complexity index is 283. The van der Waals surface area contributed by atoms with E-state index in [0.29, 0.717) is 6.04 Å². The summed E-state index contributed by atoms with van der Waals surface area (Å²) in [4.78, 5) is 22.5. The first-order chi connectivity index (χ1) is 7.89. The normalized spacial score (nSPS) is 17.1. The van der Waals surface area contributed by atoms with Gasteiger partial charge in [-0.3, -0.25) is 9.59 Å². The number of carbonyl (C=O) groups is 2. The second kappa shape index (κ2) is 6.00. The van der Waals surface area contributed by atoms with E-state index in [1.165, 1.54) is 12.8 Å². The Kier molecular flexibility index (Phi) is 4.93. The van der Waals surface area contributed by atoms with E-state index in [4.69, 9.17) is 5.73 Å². The fourth-order valence-corrected chi connectivity index (χ4v) is 2.17. The SMILES string of the molecule is CC(C)(CC(N)=O)NCC(=O)NC1CCCC1. The van der Waals surface area contributed by atoms with Gasteiger partial charge in [0.25, 0.3) is 0 Å². The van der Waals surface area contributed by atoms with E-state index in [-0.39, 0.29) is 24.8 Å². The van der Waals surface area contributed by atoms with Crippen molar-refractivity contribution in [3.63, 3.8) is 0 Å². The molecule has 0 atom stereocenters. The first kappa shape index (κ1) is 14.0. The quantitative estimate of drug-likeness (QED) is 0.625. The molecule has 1 fully saturated rings. The fraction of sp³-hybridized carbons (Fsp3) is 0.833. The molecule has 4 N–H and O–H groups in total. The Hall–Kier alpha value is -1.10. The summed E-state index contributed by atoms with van der Waals surface area (Å²) in [6.07, 6.45) is 4.79. The number of primary amides is 1. The summed E-state index contributed by atoms with van der Waals surface area (Å²) >= 11 is 0. The second-order valence-electron chi connectivity index (χ2n) is 5.43. The van der Waals surface area contributed by atoms with Gasteiger partial charge in [-0.2, -0.15) is 0 Å². The highest BCUT2D eigenvalue weighted by molar-refractivity contribution is 5.79. The van der Waals surface area contributed by atoms with E-state index in [9.17, 15) is 9.59 Å². The Morgan fingerprint density at radius 3 is 2.41 bits per heavy atom. The van der Waals surface area contributed by atoms with Crippen LogP contribution >= 0.6 is 0 Å². The van der Waals surface area contributed by atoms with Crippen molar-refractivity contribution in [1.29, 1.82) is 0 Å². The van der Waals surface area contributed by atoms with Crippen molar-refractivity contribution in [2.75, 3.05) is 6.54 Å². The third-order valence-electron chi connectivity index (χ3n) is 3.06. The zero-order chi connectivity index (χ0) is 12.9. The van der Waals surface area contributed by atoms with Crippen LogP contribution < -0.4 is 16.4 Å². The van der Waals surface area contributed by atoms with Gasteiger partial charge >= 0.3 is 0 Å². The van der Waals surface area contributed by atoms with E-state index in [2.05, 4.69) is 10.6 Å². The van der Waals surface area contributed by atoms with Gasteiger partial charge in [0.05, 0.1) is 6.54 Å². The lowest BCUT2D eigenvalue weighted by atomic mass is 10.0. The van der Waals surface area contributed by atoms with Crippen LogP contribution in [0.5, 0.6) is 0 Å². The lowest BCUT2D eigenvalue weighted by Crippen LogP contribution is -2.48. The molecule has 1 aliphatic rings. The lowest BCUT2D eigenvalue weighted by Gasteiger charge is -2.25. The molecular formula is C12H23N3O2. The third kappa shape index (κ3) is 5.68. The maximum Gasteiger partial charge on any atom is 0.234 e. The van der Waals surface area contributed by atoms with Crippen LogP contribution in [0.2, 0.25) is 0 Å². The van der Waals surface area contributed by atoms with Crippen LogP contribution in [0.1, 0.15) is 46.0 Å². The van der Waals surface area contributed by atoms with Crippen LogP contribution in [-0.2, 0) is 9.59 Å². The van der Waals surface area contributed by atoms with Crippen LogP contribution in [0.3, 0.4) is 0 Å². The maximum absolute atomic E-state index is 11.6. The molecule has 5 nitrogen and oxygen atoms in total. The van der Waals surface area contributed by atoms with Gasteiger partial charge in [0.1, 0.15) is 0 Å². The summed E-state index contributed by atoms with van der Waals surface area (Å²) in [5, 5.41) is 6.04. The van der Waals surface area contributed by atoms with Crippen LogP contribution in [-0.4, -0.2) is 29.9 Å². The van der Waals surface area contributed by atoms with E-state index < -0.39 is 5.54 Å². The molecule has 0 saturated heterocycles. The molecule has 0 spiro atoms. The molecule has 2 amide bonds. The molecule has 0 bridgehead atoms. The van der Waals surface area contributed by atoms with Crippen molar-refractivity contribution in [2.24, 2.45) is 5.73 Å². The molecule has 1 aliphatic carbocycles. The number of hydrogen-bond donors (Lipinski definition) is 3. The molecule has 0 radical (unpaired) electrons.